The molecular weight excluding hydrogens is 364 g/mol. The van der Waals surface area contributed by atoms with Gasteiger partial charge in [-0.05, 0) is 42.5 Å². The van der Waals surface area contributed by atoms with E-state index in [0.717, 1.165) is 17.4 Å². The molecule has 2 N–H and O–H groups in total. The molecule has 7 nitrogen and oxygen atoms in total. The fourth-order valence-corrected chi connectivity index (χ4v) is 4.12. The number of anilines is 1. The van der Waals surface area contributed by atoms with Crippen molar-refractivity contribution in [2.45, 2.75) is 4.21 Å². The monoisotopic (exact) mass is 376 g/mol. The molecule has 2 heterocycles. The lowest BCUT2D eigenvalue weighted by atomic mass is 10.3. The van der Waals surface area contributed by atoms with E-state index in [0.29, 0.717) is 17.2 Å². The van der Waals surface area contributed by atoms with Crippen molar-refractivity contribution in [2.24, 2.45) is 0 Å². The van der Waals surface area contributed by atoms with Crippen LogP contribution >= 0.6 is 11.3 Å². The lowest BCUT2D eigenvalue weighted by Gasteiger charge is -2.08. The van der Waals surface area contributed by atoms with Gasteiger partial charge >= 0.3 is 5.97 Å². The Morgan fingerprint density at radius 3 is 2.32 bits per heavy atom. The van der Waals surface area contributed by atoms with E-state index in [1.54, 1.807) is 48.8 Å². The van der Waals surface area contributed by atoms with Gasteiger partial charge in [-0.1, -0.05) is 0 Å². The minimum atomic E-state index is -3.84. The van der Waals surface area contributed by atoms with Crippen LogP contribution in [0.4, 0.5) is 5.69 Å². The van der Waals surface area contributed by atoms with Crippen LogP contribution in [0.15, 0.2) is 64.4 Å². The summed E-state index contributed by atoms with van der Waals surface area (Å²) in [5, 5.41) is 10.2. The van der Waals surface area contributed by atoms with Crippen molar-refractivity contribution in [1.29, 1.82) is 0 Å². The van der Waals surface area contributed by atoms with Crippen LogP contribution in [0.25, 0.3) is 0 Å². The van der Waals surface area contributed by atoms with Crippen molar-refractivity contribution < 1.29 is 23.1 Å². The average molecular weight is 376 g/mol. The zero-order valence-corrected chi connectivity index (χ0v) is 14.3. The van der Waals surface area contributed by atoms with Crippen molar-refractivity contribution in [3.05, 3.63) is 65.8 Å². The summed E-state index contributed by atoms with van der Waals surface area (Å²) in [4.78, 5) is 14.8. The molecule has 25 heavy (non-hydrogen) atoms. The van der Waals surface area contributed by atoms with Gasteiger partial charge in [0.1, 0.15) is 15.7 Å². The van der Waals surface area contributed by atoms with Gasteiger partial charge in [-0.15, -0.1) is 11.3 Å². The molecular formula is C16H12N2O5S2. The van der Waals surface area contributed by atoms with Crippen LogP contribution in [-0.4, -0.2) is 24.5 Å². The third-order valence-corrected chi connectivity index (χ3v) is 5.90. The number of sulfonamides is 1. The molecule has 0 unspecified atom stereocenters. The number of carboxylic acid groups (broad SMARTS) is 1. The van der Waals surface area contributed by atoms with Gasteiger partial charge in [-0.2, -0.15) is 0 Å². The first-order valence-corrected chi connectivity index (χ1v) is 9.33. The van der Waals surface area contributed by atoms with Gasteiger partial charge in [0.25, 0.3) is 10.0 Å². The number of hydrogen-bond donors (Lipinski definition) is 2. The molecule has 0 aliphatic heterocycles. The molecule has 0 saturated heterocycles. The molecule has 2 aromatic heterocycles. The third kappa shape index (κ3) is 4.14. The van der Waals surface area contributed by atoms with Gasteiger partial charge in [-0.3, -0.25) is 9.71 Å². The average Bonchev–Trinajstić information content (AvgIpc) is 3.09. The minimum absolute atomic E-state index is 0.0635. The van der Waals surface area contributed by atoms with Crippen LogP contribution in [0.3, 0.4) is 0 Å². The molecule has 0 atom stereocenters. The lowest BCUT2D eigenvalue weighted by Crippen LogP contribution is -2.11. The topological polar surface area (TPSA) is 106 Å². The van der Waals surface area contributed by atoms with Gasteiger partial charge in [0.05, 0.1) is 5.56 Å². The van der Waals surface area contributed by atoms with E-state index in [2.05, 4.69) is 9.71 Å². The number of ether oxygens (including phenoxy) is 1. The van der Waals surface area contributed by atoms with Crippen LogP contribution in [0.2, 0.25) is 0 Å². The second-order valence-electron chi connectivity index (χ2n) is 4.87. The standard InChI is InChI=1S/C16H12N2O5S2/c19-16(20)11-9-15(24-10-11)25(21,22)18-12-1-3-13(4-2-12)23-14-5-7-17-8-6-14/h1-10,18H,(H,19,20). The fourth-order valence-electron chi connectivity index (χ4n) is 1.91. The molecule has 0 aliphatic carbocycles. The van der Waals surface area contributed by atoms with Crippen LogP contribution in [0.5, 0.6) is 11.5 Å². The number of aromatic carboxylic acids is 1. The summed E-state index contributed by atoms with van der Waals surface area (Å²) in [6.45, 7) is 0. The smallest absolute Gasteiger partial charge is 0.336 e. The summed E-state index contributed by atoms with van der Waals surface area (Å²) in [6.07, 6.45) is 3.20. The number of hydrogen-bond acceptors (Lipinski definition) is 6. The van der Waals surface area contributed by atoms with Crippen molar-refractivity contribution in [2.75, 3.05) is 4.72 Å². The number of thiophene rings is 1. The van der Waals surface area contributed by atoms with E-state index in [1.165, 1.54) is 5.38 Å². The number of nitrogens with one attached hydrogen (secondary N) is 1. The summed E-state index contributed by atoms with van der Waals surface area (Å²) in [5.41, 5.74) is 0.277. The Labute approximate surface area is 147 Å². The molecule has 1 aromatic carbocycles. The highest BCUT2D eigenvalue weighted by molar-refractivity contribution is 7.94. The van der Waals surface area contributed by atoms with Crippen molar-refractivity contribution in [3.8, 4) is 11.5 Å². The first-order chi connectivity index (χ1) is 11.9. The summed E-state index contributed by atoms with van der Waals surface area (Å²) in [7, 11) is -3.84. The summed E-state index contributed by atoms with van der Waals surface area (Å²) in [5.74, 6) is -0.0168. The molecule has 3 aromatic rings. The lowest BCUT2D eigenvalue weighted by molar-refractivity contribution is 0.0697. The van der Waals surface area contributed by atoms with Gasteiger partial charge in [0.2, 0.25) is 0 Å². The molecule has 0 fully saturated rings. The highest BCUT2D eigenvalue weighted by Crippen LogP contribution is 2.26. The second kappa shape index (κ2) is 6.91. The number of carbonyl (C=O) groups is 1. The normalized spacial score (nSPS) is 11.0. The van der Waals surface area contributed by atoms with E-state index in [4.69, 9.17) is 9.84 Å². The SMILES string of the molecule is O=C(O)c1csc(S(=O)(=O)Nc2ccc(Oc3ccncc3)cc2)c1. The third-order valence-electron chi connectivity index (χ3n) is 3.08. The zero-order chi connectivity index (χ0) is 17.9. The molecule has 3 rings (SSSR count). The van der Waals surface area contributed by atoms with Gasteiger partial charge < -0.3 is 9.84 Å². The molecule has 0 radical (unpaired) electrons. The Morgan fingerprint density at radius 1 is 1.08 bits per heavy atom. The minimum Gasteiger partial charge on any atom is -0.478 e. The first-order valence-electron chi connectivity index (χ1n) is 6.97. The zero-order valence-electron chi connectivity index (χ0n) is 12.6. The van der Waals surface area contributed by atoms with E-state index >= 15 is 0 Å². The number of nitrogens with zero attached hydrogens (tertiary/aromatic N) is 1. The van der Waals surface area contributed by atoms with Gasteiger partial charge in [0.15, 0.2) is 0 Å². The van der Waals surface area contributed by atoms with E-state index < -0.39 is 16.0 Å². The van der Waals surface area contributed by atoms with Crippen LogP contribution < -0.4 is 9.46 Å². The largest absolute Gasteiger partial charge is 0.478 e. The summed E-state index contributed by atoms with van der Waals surface area (Å²) in [6, 6.07) is 10.9. The number of pyridine rings is 1. The fraction of sp³-hybridized carbons (Fsp3) is 0. The Bertz CT molecular complexity index is 983. The number of benzene rings is 1. The number of rotatable bonds is 6. The van der Waals surface area contributed by atoms with Crippen LogP contribution in [-0.2, 0) is 10.0 Å². The van der Waals surface area contributed by atoms with E-state index in [9.17, 15) is 13.2 Å². The Balaban J connectivity index is 1.72. The van der Waals surface area contributed by atoms with Crippen LogP contribution in [0, 0.1) is 0 Å². The van der Waals surface area contributed by atoms with Crippen molar-refractivity contribution in [1.82, 2.24) is 4.98 Å². The maximum Gasteiger partial charge on any atom is 0.336 e. The summed E-state index contributed by atoms with van der Waals surface area (Å²) >= 11 is 0.847. The maximum absolute atomic E-state index is 12.3. The summed E-state index contributed by atoms with van der Waals surface area (Å²) < 4.78 is 32.5. The Hall–Kier alpha value is -2.91. The number of aromatic nitrogens is 1. The second-order valence-corrected chi connectivity index (χ2v) is 7.69. The van der Waals surface area contributed by atoms with Gasteiger partial charge in [0, 0.05) is 23.5 Å². The number of carboxylic acids is 1. The molecule has 0 spiro atoms. The predicted molar refractivity (Wildman–Crippen MR) is 92.8 cm³/mol. The quantitative estimate of drug-likeness (QED) is 0.683. The Kier molecular flexibility index (Phi) is 4.68. The molecule has 0 aliphatic rings. The molecule has 0 bridgehead atoms. The highest BCUT2D eigenvalue weighted by atomic mass is 32.2. The van der Waals surface area contributed by atoms with Gasteiger partial charge in [-0.25, -0.2) is 13.2 Å². The molecule has 128 valence electrons. The van der Waals surface area contributed by atoms with E-state index in [1.807, 2.05) is 0 Å². The van der Waals surface area contributed by atoms with Crippen molar-refractivity contribution >= 4 is 33.0 Å². The van der Waals surface area contributed by atoms with Crippen LogP contribution in [0.1, 0.15) is 10.4 Å². The first kappa shape index (κ1) is 16.9. The Morgan fingerprint density at radius 2 is 1.72 bits per heavy atom. The predicted octanol–water partition coefficient (Wildman–Crippen LogP) is 3.43. The molecule has 0 saturated carbocycles. The van der Waals surface area contributed by atoms with E-state index in [-0.39, 0.29) is 9.77 Å². The maximum atomic E-state index is 12.3. The van der Waals surface area contributed by atoms with Crippen molar-refractivity contribution in [3.63, 3.8) is 0 Å². The molecule has 0 amide bonds. The molecule has 9 heteroatoms. The highest BCUT2D eigenvalue weighted by Gasteiger charge is 2.19.